The normalized spacial score (nSPS) is 10.8. The van der Waals surface area contributed by atoms with Crippen molar-refractivity contribution < 1.29 is 13.8 Å². The lowest BCUT2D eigenvalue weighted by Gasteiger charge is -1.99. The van der Waals surface area contributed by atoms with Crippen LogP contribution in [0, 0.1) is 0 Å². The van der Waals surface area contributed by atoms with Crippen LogP contribution in [0.5, 0.6) is 5.75 Å². The van der Waals surface area contributed by atoms with Crippen molar-refractivity contribution in [1.82, 2.24) is 10.3 Å². The number of hydrogen-bond donors (Lipinski definition) is 0. The van der Waals surface area contributed by atoms with E-state index in [1.807, 2.05) is 91.0 Å². The highest BCUT2D eigenvalue weighted by atomic mass is 16.5. The van der Waals surface area contributed by atoms with Gasteiger partial charge in [-0.25, -0.2) is 0 Å². The minimum absolute atomic E-state index is 0.708. The van der Waals surface area contributed by atoms with Gasteiger partial charge >= 0.3 is 0 Å². The van der Waals surface area contributed by atoms with E-state index in [9.17, 15) is 0 Å². The maximum atomic E-state index is 5.54. The van der Waals surface area contributed by atoms with E-state index in [1.165, 1.54) is 0 Å². The summed E-state index contributed by atoms with van der Waals surface area (Å²) in [5.74, 6) is 2.23. The lowest BCUT2D eigenvalue weighted by Crippen LogP contribution is -1.81. The first kappa shape index (κ1) is 17.9. The van der Waals surface area contributed by atoms with Gasteiger partial charge in [0.1, 0.15) is 17.1 Å². The molecule has 0 bridgehead atoms. The molecule has 0 spiro atoms. The zero-order valence-corrected chi connectivity index (χ0v) is 16.3. The van der Waals surface area contributed by atoms with Gasteiger partial charge in [0.05, 0.1) is 7.11 Å². The molecule has 0 fully saturated rings. The highest BCUT2D eigenvalue weighted by Crippen LogP contribution is 2.30. The highest BCUT2D eigenvalue weighted by molar-refractivity contribution is 5.71. The van der Waals surface area contributed by atoms with Crippen molar-refractivity contribution in [2.24, 2.45) is 0 Å². The summed E-state index contributed by atoms with van der Waals surface area (Å²) in [7, 11) is 1.65. The third-order valence-electron chi connectivity index (χ3n) is 4.93. The summed E-state index contributed by atoms with van der Waals surface area (Å²) in [5.41, 5.74) is 5.47. The average molecular weight is 394 g/mol. The van der Waals surface area contributed by atoms with Gasteiger partial charge < -0.3 is 13.8 Å². The first-order valence-corrected chi connectivity index (χ1v) is 9.54. The molecule has 0 atom stereocenters. The predicted octanol–water partition coefficient (Wildman–Crippen LogP) is 6.34. The molecule has 0 saturated heterocycles. The van der Waals surface area contributed by atoms with E-state index < -0.39 is 0 Å². The Hall–Kier alpha value is -4.12. The highest BCUT2D eigenvalue weighted by Gasteiger charge is 2.11. The van der Waals surface area contributed by atoms with Crippen molar-refractivity contribution in [3.8, 4) is 50.9 Å². The quantitative estimate of drug-likeness (QED) is 0.348. The Morgan fingerprint density at radius 3 is 1.57 bits per heavy atom. The molecule has 0 N–H and O–H groups in total. The molecule has 0 aliphatic rings. The molecular formula is C25H18N2O3. The Kier molecular flexibility index (Phi) is 4.62. The third kappa shape index (κ3) is 3.49. The monoisotopic (exact) mass is 394 g/mol. The van der Waals surface area contributed by atoms with Gasteiger partial charge in [0.15, 0.2) is 11.5 Å². The smallest absolute Gasteiger partial charge is 0.167 e. The van der Waals surface area contributed by atoms with Gasteiger partial charge in [-0.05, 0) is 24.3 Å². The average Bonchev–Trinajstić information content (AvgIpc) is 3.50. The molecule has 5 nitrogen and oxygen atoms in total. The van der Waals surface area contributed by atoms with Crippen LogP contribution in [0.4, 0.5) is 0 Å². The van der Waals surface area contributed by atoms with Gasteiger partial charge in [0.2, 0.25) is 0 Å². The molecule has 5 rings (SSSR count). The van der Waals surface area contributed by atoms with Crippen molar-refractivity contribution in [2.45, 2.75) is 0 Å². The van der Waals surface area contributed by atoms with Crippen LogP contribution in [-0.2, 0) is 0 Å². The van der Waals surface area contributed by atoms with Crippen LogP contribution in [0.2, 0.25) is 0 Å². The van der Waals surface area contributed by atoms with Crippen molar-refractivity contribution in [1.29, 1.82) is 0 Å². The van der Waals surface area contributed by atoms with Crippen LogP contribution < -0.4 is 4.74 Å². The van der Waals surface area contributed by atoms with E-state index in [0.29, 0.717) is 5.76 Å². The Bertz CT molecular complexity index is 1250. The van der Waals surface area contributed by atoms with Crippen LogP contribution >= 0.6 is 0 Å². The number of nitrogens with zero attached hydrogens (tertiary/aromatic N) is 2. The number of methoxy groups -OCH3 is 1. The second kappa shape index (κ2) is 7.72. The molecule has 0 saturated carbocycles. The third-order valence-corrected chi connectivity index (χ3v) is 4.93. The predicted molar refractivity (Wildman–Crippen MR) is 115 cm³/mol. The SMILES string of the molecule is COc1ccc(-c2cc(-c3ccc(-c4cc(-c5ccccc5)no4)cc3)no2)cc1. The van der Waals surface area contributed by atoms with Gasteiger partial charge in [-0.15, -0.1) is 0 Å². The van der Waals surface area contributed by atoms with Crippen LogP contribution in [0.25, 0.3) is 45.2 Å². The molecule has 5 heteroatoms. The summed E-state index contributed by atoms with van der Waals surface area (Å²) < 4.78 is 16.3. The molecule has 0 amide bonds. The lowest BCUT2D eigenvalue weighted by molar-refractivity contribution is 0.414. The van der Waals surface area contributed by atoms with Crippen LogP contribution in [0.3, 0.4) is 0 Å². The summed E-state index contributed by atoms with van der Waals surface area (Å²) in [6.45, 7) is 0. The summed E-state index contributed by atoms with van der Waals surface area (Å²) in [6, 6.07) is 29.5. The van der Waals surface area contributed by atoms with Gasteiger partial charge in [-0.2, -0.15) is 0 Å². The van der Waals surface area contributed by atoms with Crippen molar-refractivity contribution in [3.63, 3.8) is 0 Å². The van der Waals surface area contributed by atoms with Crippen molar-refractivity contribution in [2.75, 3.05) is 7.11 Å². The molecular weight excluding hydrogens is 376 g/mol. The van der Waals surface area contributed by atoms with Crippen LogP contribution in [-0.4, -0.2) is 17.4 Å². The summed E-state index contributed by atoms with van der Waals surface area (Å²) in [5, 5.41) is 8.39. The van der Waals surface area contributed by atoms with Crippen molar-refractivity contribution in [3.05, 3.63) is 91.0 Å². The molecule has 30 heavy (non-hydrogen) atoms. The van der Waals surface area contributed by atoms with E-state index in [2.05, 4.69) is 10.3 Å². The fraction of sp³-hybridized carbons (Fsp3) is 0.0400. The van der Waals surface area contributed by atoms with E-state index >= 15 is 0 Å². The van der Waals surface area contributed by atoms with E-state index in [-0.39, 0.29) is 0 Å². The molecule has 0 aliphatic carbocycles. The molecule has 3 aromatic carbocycles. The molecule has 0 unspecified atom stereocenters. The van der Waals surface area contributed by atoms with Gasteiger partial charge in [0, 0.05) is 34.4 Å². The first-order valence-electron chi connectivity index (χ1n) is 9.54. The minimum Gasteiger partial charge on any atom is -0.497 e. The molecule has 2 aromatic heterocycles. The fourth-order valence-electron chi connectivity index (χ4n) is 3.26. The fourth-order valence-corrected chi connectivity index (χ4v) is 3.26. The molecule has 0 aliphatic heterocycles. The maximum absolute atomic E-state index is 5.54. The zero-order valence-electron chi connectivity index (χ0n) is 16.3. The van der Waals surface area contributed by atoms with Crippen molar-refractivity contribution >= 4 is 0 Å². The number of hydrogen-bond acceptors (Lipinski definition) is 5. The Morgan fingerprint density at radius 1 is 0.567 bits per heavy atom. The van der Waals surface area contributed by atoms with Gasteiger partial charge in [-0.3, -0.25) is 0 Å². The number of benzene rings is 3. The second-order valence-electron chi connectivity index (χ2n) is 6.82. The Morgan fingerprint density at radius 2 is 1.03 bits per heavy atom. The van der Waals surface area contributed by atoms with E-state index in [1.54, 1.807) is 7.11 Å². The number of rotatable bonds is 5. The van der Waals surface area contributed by atoms with Crippen LogP contribution in [0.1, 0.15) is 0 Å². The Balaban J connectivity index is 1.37. The molecule has 2 heterocycles. The van der Waals surface area contributed by atoms with Gasteiger partial charge in [0.25, 0.3) is 0 Å². The second-order valence-corrected chi connectivity index (χ2v) is 6.82. The number of ether oxygens (including phenoxy) is 1. The minimum atomic E-state index is 0.708. The summed E-state index contributed by atoms with van der Waals surface area (Å²) >= 11 is 0. The first-order chi connectivity index (χ1) is 14.8. The zero-order chi connectivity index (χ0) is 20.3. The largest absolute Gasteiger partial charge is 0.497 e. The molecule has 5 aromatic rings. The van der Waals surface area contributed by atoms with Crippen LogP contribution in [0.15, 0.2) is 100 Å². The summed E-state index contributed by atoms with van der Waals surface area (Å²) in [4.78, 5) is 0. The molecule has 0 radical (unpaired) electrons. The van der Waals surface area contributed by atoms with Gasteiger partial charge in [-0.1, -0.05) is 64.9 Å². The summed E-state index contributed by atoms with van der Waals surface area (Å²) in [6.07, 6.45) is 0. The Labute approximate surface area is 173 Å². The van der Waals surface area contributed by atoms with E-state index in [0.717, 1.165) is 45.2 Å². The standard InChI is InChI=1S/C25H18N2O3/c1-28-21-13-11-20(12-14-21)25-16-23(27-30-25)18-7-9-19(10-8-18)24-15-22(26-29-24)17-5-3-2-4-6-17/h2-16H,1H3. The number of aromatic nitrogens is 2. The van der Waals surface area contributed by atoms with E-state index in [4.69, 9.17) is 13.8 Å². The lowest BCUT2D eigenvalue weighted by atomic mass is 10.1. The molecule has 146 valence electrons. The topological polar surface area (TPSA) is 61.3 Å². The maximum Gasteiger partial charge on any atom is 0.167 e.